The van der Waals surface area contributed by atoms with Gasteiger partial charge in [-0.15, -0.1) is 0 Å². The molecular formula is C16H21NO4. The average Bonchev–Trinajstić information content (AvgIpc) is 3.21. The first kappa shape index (κ1) is 15.4. The van der Waals surface area contributed by atoms with Crippen LogP contribution in [0.3, 0.4) is 0 Å². The highest BCUT2D eigenvalue weighted by Crippen LogP contribution is 2.32. The summed E-state index contributed by atoms with van der Waals surface area (Å²) in [7, 11) is 0. The zero-order valence-electron chi connectivity index (χ0n) is 12.3. The van der Waals surface area contributed by atoms with Gasteiger partial charge in [0.2, 0.25) is 5.91 Å². The Morgan fingerprint density at radius 1 is 1.33 bits per heavy atom. The first-order valence-corrected chi connectivity index (χ1v) is 7.24. The fourth-order valence-corrected chi connectivity index (χ4v) is 2.23. The average molecular weight is 291 g/mol. The summed E-state index contributed by atoms with van der Waals surface area (Å²) in [4.78, 5) is 23.2. The van der Waals surface area contributed by atoms with Gasteiger partial charge in [0.25, 0.3) is 0 Å². The van der Waals surface area contributed by atoms with E-state index in [4.69, 9.17) is 9.84 Å². The third-order valence-electron chi connectivity index (χ3n) is 3.36. The van der Waals surface area contributed by atoms with Crippen LogP contribution in [0.4, 0.5) is 0 Å². The second kappa shape index (κ2) is 6.61. The van der Waals surface area contributed by atoms with Crippen LogP contribution in [-0.4, -0.2) is 29.1 Å². The summed E-state index contributed by atoms with van der Waals surface area (Å²) in [5, 5.41) is 11.7. The van der Waals surface area contributed by atoms with Crippen LogP contribution in [0, 0.1) is 5.92 Å². The molecule has 1 aromatic rings. The molecule has 0 radical (unpaired) electrons. The van der Waals surface area contributed by atoms with Crippen molar-refractivity contribution in [3.8, 4) is 5.75 Å². The molecule has 0 aromatic heterocycles. The summed E-state index contributed by atoms with van der Waals surface area (Å²) < 4.78 is 5.66. The van der Waals surface area contributed by atoms with Gasteiger partial charge in [-0.05, 0) is 38.7 Å². The number of nitrogens with one attached hydrogen (secondary N) is 1. The molecule has 0 saturated heterocycles. The minimum Gasteiger partial charge on any atom is -0.491 e. The Labute approximate surface area is 124 Å². The van der Waals surface area contributed by atoms with E-state index in [0.29, 0.717) is 5.75 Å². The fraction of sp³-hybridized carbons (Fsp3) is 0.500. The van der Waals surface area contributed by atoms with Crippen LogP contribution in [0.25, 0.3) is 0 Å². The Kier molecular flexibility index (Phi) is 4.83. The maximum absolute atomic E-state index is 12.1. The Morgan fingerprint density at radius 3 is 2.57 bits per heavy atom. The van der Waals surface area contributed by atoms with E-state index >= 15 is 0 Å². The number of benzene rings is 1. The Morgan fingerprint density at radius 2 is 2.00 bits per heavy atom. The molecule has 2 N–H and O–H groups in total. The van der Waals surface area contributed by atoms with Crippen molar-refractivity contribution in [1.82, 2.24) is 5.32 Å². The predicted molar refractivity (Wildman–Crippen MR) is 78.2 cm³/mol. The first-order valence-electron chi connectivity index (χ1n) is 7.24. The van der Waals surface area contributed by atoms with E-state index in [1.165, 1.54) is 0 Å². The van der Waals surface area contributed by atoms with E-state index in [2.05, 4.69) is 5.32 Å². The smallest absolute Gasteiger partial charge is 0.326 e. The zero-order chi connectivity index (χ0) is 15.4. The van der Waals surface area contributed by atoms with Gasteiger partial charge in [-0.3, -0.25) is 4.79 Å². The van der Waals surface area contributed by atoms with Crippen molar-refractivity contribution in [1.29, 1.82) is 0 Å². The number of para-hydroxylation sites is 1. The Bertz CT molecular complexity index is 523. The highest BCUT2D eigenvalue weighted by Gasteiger charge is 2.37. The number of hydrogen-bond acceptors (Lipinski definition) is 3. The lowest BCUT2D eigenvalue weighted by Gasteiger charge is -2.16. The van der Waals surface area contributed by atoms with Crippen molar-refractivity contribution >= 4 is 11.9 Å². The van der Waals surface area contributed by atoms with Gasteiger partial charge < -0.3 is 15.2 Å². The fourth-order valence-electron chi connectivity index (χ4n) is 2.23. The highest BCUT2D eigenvalue weighted by molar-refractivity contribution is 5.85. The number of amides is 1. The number of ether oxygens (including phenoxy) is 1. The third kappa shape index (κ3) is 4.48. The molecular weight excluding hydrogens is 270 g/mol. The maximum atomic E-state index is 12.1. The molecule has 114 valence electrons. The van der Waals surface area contributed by atoms with Gasteiger partial charge in [0.1, 0.15) is 11.8 Å². The SMILES string of the molecule is CC(C)Oc1ccccc1CC(=O)NC(C(=O)O)C1CC1. The molecule has 0 heterocycles. The molecule has 2 rings (SSSR count). The highest BCUT2D eigenvalue weighted by atomic mass is 16.5. The van der Waals surface area contributed by atoms with Gasteiger partial charge in [-0.2, -0.15) is 0 Å². The number of carboxylic acids is 1. The summed E-state index contributed by atoms with van der Waals surface area (Å²) in [6, 6.07) is 6.56. The van der Waals surface area contributed by atoms with Gasteiger partial charge in [-0.25, -0.2) is 4.79 Å². The number of rotatable bonds is 7. The number of carbonyl (C=O) groups is 2. The summed E-state index contributed by atoms with van der Waals surface area (Å²) in [6.45, 7) is 3.84. The topological polar surface area (TPSA) is 75.6 Å². The minimum atomic E-state index is -0.961. The molecule has 0 aliphatic heterocycles. The monoisotopic (exact) mass is 291 g/mol. The largest absolute Gasteiger partial charge is 0.491 e. The van der Waals surface area contributed by atoms with E-state index in [-0.39, 0.29) is 24.3 Å². The van der Waals surface area contributed by atoms with Crippen molar-refractivity contribution in [2.75, 3.05) is 0 Å². The molecule has 1 saturated carbocycles. The van der Waals surface area contributed by atoms with E-state index in [1.54, 1.807) is 0 Å². The quantitative estimate of drug-likeness (QED) is 0.805. The zero-order valence-corrected chi connectivity index (χ0v) is 12.3. The van der Waals surface area contributed by atoms with Crippen molar-refractivity contribution in [2.45, 2.75) is 45.3 Å². The molecule has 1 aliphatic carbocycles. The molecule has 1 fully saturated rings. The van der Waals surface area contributed by atoms with Crippen LogP contribution in [0.5, 0.6) is 5.75 Å². The standard InChI is InChI=1S/C16H21NO4/c1-10(2)21-13-6-4-3-5-12(13)9-14(18)17-15(16(19)20)11-7-8-11/h3-6,10-11,15H,7-9H2,1-2H3,(H,17,18)(H,19,20). The Hall–Kier alpha value is -2.04. The number of hydrogen-bond donors (Lipinski definition) is 2. The van der Waals surface area contributed by atoms with Crippen LogP contribution in [0.1, 0.15) is 32.3 Å². The Balaban J connectivity index is 2.00. The van der Waals surface area contributed by atoms with Crippen molar-refractivity contribution < 1.29 is 19.4 Å². The van der Waals surface area contributed by atoms with Crippen LogP contribution in [0.2, 0.25) is 0 Å². The maximum Gasteiger partial charge on any atom is 0.326 e. The lowest BCUT2D eigenvalue weighted by molar-refractivity contribution is -0.142. The molecule has 21 heavy (non-hydrogen) atoms. The molecule has 1 atom stereocenters. The van der Waals surface area contributed by atoms with Crippen LogP contribution in [0.15, 0.2) is 24.3 Å². The van der Waals surface area contributed by atoms with Crippen molar-refractivity contribution in [3.05, 3.63) is 29.8 Å². The number of aliphatic carboxylic acids is 1. The normalized spacial score (nSPS) is 15.6. The summed E-state index contributed by atoms with van der Waals surface area (Å²) in [6.07, 6.45) is 1.88. The summed E-state index contributed by atoms with van der Waals surface area (Å²) in [5.41, 5.74) is 0.767. The van der Waals surface area contributed by atoms with Crippen molar-refractivity contribution in [3.63, 3.8) is 0 Å². The molecule has 0 bridgehead atoms. The molecule has 1 unspecified atom stereocenters. The molecule has 1 amide bonds. The summed E-state index contributed by atoms with van der Waals surface area (Å²) in [5.74, 6) is -0.499. The van der Waals surface area contributed by atoms with Gasteiger partial charge >= 0.3 is 5.97 Å². The van der Waals surface area contributed by atoms with E-state index in [9.17, 15) is 9.59 Å². The second-order valence-electron chi connectivity index (χ2n) is 5.67. The van der Waals surface area contributed by atoms with Gasteiger partial charge in [0, 0.05) is 5.56 Å². The number of carboxylic acid groups (broad SMARTS) is 1. The van der Waals surface area contributed by atoms with Gasteiger partial charge in [-0.1, -0.05) is 18.2 Å². The second-order valence-corrected chi connectivity index (χ2v) is 5.67. The van der Waals surface area contributed by atoms with Crippen LogP contribution >= 0.6 is 0 Å². The van der Waals surface area contributed by atoms with Gasteiger partial charge in [0.15, 0.2) is 0 Å². The van der Waals surface area contributed by atoms with E-state index in [0.717, 1.165) is 18.4 Å². The molecule has 1 aliphatic rings. The van der Waals surface area contributed by atoms with Crippen LogP contribution < -0.4 is 10.1 Å². The molecule has 5 heteroatoms. The molecule has 5 nitrogen and oxygen atoms in total. The van der Waals surface area contributed by atoms with Gasteiger partial charge in [0.05, 0.1) is 12.5 Å². The summed E-state index contributed by atoms with van der Waals surface area (Å²) >= 11 is 0. The number of carbonyl (C=O) groups excluding carboxylic acids is 1. The minimum absolute atomic E-state index is 0.0208. The first-order chi connectivity index (χ1) is 9.97. The molecule has 0 spiro atoms. The van der Waals surface area contributed by atoms with Crippen LogP contribution in [-0.2, 0) is 16.0 Å². The van der Waals surface area contributed by atoms with E-state index < -0.39 is 12.0 Å². The predicted octanol–water partition coefficient (Wildman–Crippen LogP) is 2.00. The third-order valence-corrected chi connectivity index (χ3v) is 3.36. The lowest BCUT2D eigenvalue weighted by Crippen LogP contribution is -2.43. The van der Waals surface area contributed by atoms with E-state index in [1.807, 2.05) is 38.1 Å². The van der Waals surface area contributed by atoms with Crippen molar-refractivity contribution in [2.24, 2.45) is 5.92 Å². The molecule has 1 aromatic carbocycles. The lowest BCUT2D eigenvalue weighted by atomic mass is 10.1.